The molecule has 0 saturated carbocycles. The molecule has 2 atom stereocenters. The summed E-state index contributed by atoms with van der Waals surface area (Å²) in [4.78, 5) is 18.9. The van der Waals surface area contributed by atoms with E-state index in [1.807, 2.05) is 30.3 Å². The highest BCUT2D eigenvalue weighted by Gasteiger charge is 2.31. The van der Waals surface area contributed by atoms with E-state index in [9.17, 15) is 9.90 Å². The lowest BCUT2D eigenvalue weighted by atomic mass is 9.91. The zero-order valence-electron chi connectivity index (χ0n) is 13.5. The molecule has 0 bridgehead atoms. The van der Waals surface area contributed by atoms with Crippen molar-refractivity contribution in [3.63, 3.8) is 0 Å². The van der Waals surface area contributed by atoms with Crippen LogP contribution in [0.4, 0.5) is 0 Å². The highest BCUT2D eigenvalue weighted by atomic mass is 16.4. The van der Waals surface area contributed by atoms with Gasteiger partial charge in [0.05, 0.1) is 5.69 Å². The highest BCUT2D eigenvalue weighted by Crippen LogP contribution is 2.26. The van der Waals surface area contributed by atoms with Gasteiger partial charge in [0.2, 0.25) is 11.7 Å². The van der Waals surface area contributed by atoms with E-state index in [4.69, 9.17) is 4.42 Å². The predicted octanol–water partition coefficient (Wildman–Crippen LogP) is 2.74. The van der Waals surface area contributed by atoms with Crippen LogP contribution in [0.15, 0.2) is 34.7 Å². The molecule has 0 unspecified atom stereocenters. The molecule has 1 fully saturated rings. The molecular weight excluding hydrogens is 292 g/mol. The van der Waals surface area contributed by atoms with Crippen LogP contribution in [0.2, 0.25) is 0 Å². The molecule has 1 aromatic carbocycles. The predicted molar refractivity (Wildman–Crippen MR) is 86.9 cm³/mol. The molecule has 5 nitrogen and oxygen atoms in total. The summed E-state index contributed by atoms with van der Waals surface area (Å²) >= 11 is 0. The fourth-order valence-corrected chi connectivity index (χ4v) is 3.22. The zero-order chi connectivity index (χ0) is 16.4. The Labute approximate surface area is 135 Å². The smallest absolute Gasteiger partial charge is 0.291 e. The Morgan fingerprint density at radius 3 is 2.78 bits per heavy atom. The van der Waals surface area contributed by atoms with E-state index in [0.717, 1.165) is 12.0 Å². The van der Waals surface area contributed by atoms with Gasteiger partial charge in [-0.3, -0.25) is 4.79 Å². The molecule has 1 saturated heterocycles. The van der Waals surface area contributed by atoms with Crippen molar-refractivity contribution >= 4 is 5.91 Å². The number of aryl methyl sites for hydroxylation is 1. The van der Waals surface area contributed by atoms with Gasteiger partial charge in [0, 0.05) is 25.3 Å². The number of amides is 1. The number of carbonyl (C=O) groups is 1. The van der Waals surface area contributed by atoms with Crippen molar-refractivity contribution in [3.05, 3.63) is 41.8 Å². The van der Waals surface area contributed by atoms with E-state index >= 15 is 0 Å². The number of piperidine rings is 1. The first kappa shape index (κ1) is 15.7. The summed E-state index contributed by atoms with van der Waals surface area (Å²) in [5.74, 6) is 1.15. The van der Waals surface area contributed by atoms with Gasteiger partial charge in [-0.2, -0.15) is 0 Å². The normalized spacial score (nSPS) is 21.4. The SMILES string of the molecule is Cc1nc(-c2ccccc2)oc1C(=O)N1C[C@@H](C)C[C@H](CO)C1. The van der Waals surface area contributed by atoms with Gasteiger partial charge in [0.1, 0.15) is 0 Å². The molecule has 1 amide bonds. The minimum Gasteiger partial charge on any atom is -0.431 e. The van der Waals surface area contributed by atoms with E-state index in [1.54, 1.807) is 11.8 Å². The van der Waals surface area contributed by atoms with E-state index in [2.05, 4.69) is 11.9 Å². The first-order chi connectivity index (χ1) is 11.1. The second kappa shape index (κ2) is 6.54. The number of hydrogen-bond donors (Lipinski definition) is 1. The summed E-state index contributed by atoms with van der Waals surface area (Å²) in [7, 11) is 0. The fourth-order valence-electron chi connectivity index (χ4n) is 3.22. The molecule has 1 aliphatic heterocycles. The molecule has 23 heavy (non-hydrogen) atoms. The molecule has 0 radical (unpaired) electrons. The minimum absolute atomic E-state index is 0.110. The number of aliphatic hydroxyl groups is 1. The molecule has 2 heterocycles. The Morgan fingerprint density at radius 1 is 1.35 bits per heavy atom. The quantitative estimate of drug-likeness (QED) is 0.946. The fraction of sp³-hybridized carbons (Fsp3) is 0.444. The van der Waals surface area contributed by atoms with Crippen LogP contribution in [-0.2, 0) is 0 Å². The second-order valence-electron chi connectivity index (χ2n) is 6.40. The molecule has 1 aromatic heterocycles. The Balaban J connectivity index is 1.84. The van der Waals surface area contributed by atoms with E-state index in [0.29, 0.717) is 36.4 Å². The number of rotatable bonds is 3. The molecule has 0 aliphatic carbocycles. The maximum atomic E-state index is 12.8. The standard InChI is InChI=1S/C18H22N2O3/c1-12-8-14(11-21)10-20(9-12)18(22)16-13(2)19-17(23-16)15-6-4-3-5-7-15/h3-7,12,14,21H,8-11H2,1-2H3/t12-,14-/m0/s1. The number of nitrogens with zero attached hydrogens (tertiary/aromatic N) is 2. The lowest BCUT2D eigenvalue weighted by molar-refractivity contribution is 0.0504. The maximum absolute atomic E-state index is 12.8. The van der Waals surface area contributed by atoms with Gasteiger partial charge in [-0.25, -0.2) is 4.98 Å². The molecule has 1 aliphatic rings. The Kier molecular flexibility index (Phi) is 4.48. The van der Waals surface area contributed by atoms with Gasteiger partial charge in [0.25, 0.3) is 5.91 Å². The average molecular weight is 314 g/mol. The van der Waals surface area contributed by atoms with Crippen molar-refractivity contribution in [3.8, 4) is 11.5 Å². The van der Waals surface area contributed by atoms with Crippen molar-refractivity contribution in [1.29, 1.82) is 0 Å². The van der Waals surface area contributed by atoms with Crippen LogP contribution in [-0.4, -0.2) is 40.6 Å². The summed E-state index contributed by atoms with van der Waals surface area (Å²) in [5, 5.41) is 9.41. The molecule has 3 rings (SSSR count). The van der Waals surface area contributed by atoms with Gasteiger partial charge in [-0.05, 0) is 37.3 Å². The number of carbonyl (C=O) groups excluding carboxylic acids is 1. The van der Waals surface area contributed by atoms with Crippen LogP contribution >= 0.6 is 0 Å². The van der Waals surface area contributed by atoms with Crippen LogP contribution in [0.5, 0.6) is 0 Å². The monoisotopic (exact) mass is 314 g/mol. The van der Waals surface area contributed by atoms with Crippen molar-refractivity contribution in [1.82, 2.24) is 9.88 Å². The molecular formula is C18H22N2O3. The Hall–Kier alpha value is -2.14. The number of oxazole rings is 1. The van der Waals surface area contributed by atoms with Crippen LogP contribution < -0.4 is 0 Å². The number of aliphatic hydroxyl groups excluding tert-OH is 1. The third kappa shape index (κ3) is 3.29. The molecule has 2 aromatic rings. The third-order valence-electron chi connectivity index (χ3n) is 4.30. The van der Waals surface area contributed by atoms with Gasteiger partial charge < -0.3 is 14.4 Å². The van der Waals surface area contributed by atoms with Crippen molar-refractivity contribution in [2.45, 2.75) is 20.3 Å². The molecule has 1 N–H and O–H groups in total. The number of aromatic nitrogens is 1. The van der Waals surface area contributed by atoms with Crippen LogP contribution in [0.1, 0.15) is 29.6 Å². The first-order valence-electron chi connectivity index (χ1n) is 8.01. The summed E-state index contributed by atoms with van der Waals surface area (Å²) in [6.45, 7) is 5.26. The highest BCUT2D eigenvalue weighted by molar-refractivity contribution is 5.93. The topological polar surface area (TPSA) is 66.6 Å². The zero-order valence-corrected chi connectivity index (χ0v) is 13.5. The molecule has 0 spiro atoms. The number of likely N-dealkylation sites (tertiary alicyclic amines) is 1. The van der Waals surface area contributed by atoms with Gasteiger partial charge in [-0.1, -0.05) is 25.1 Å². The van der Waals surface area contributed by atoms with Crippen molar-refractivity contribution in [2.75, 3.05) is 19.7 Å². The Bertz CT molecular complexity index is 681. The van der Waals surface area contributed by atoms with Gasteiger partial charge in [0.15, 0.2) is 0 Å². The third-order valence-corrected chi connectivity index (χ3v) is 4.30. The maximum Gasteiger partial charge on any atom is 0.291 e. The van der Waals surface area contributed by atoms with E-state index in [1.165, 1.54) is 0 Å². The van der Waals surface area contributed by atoms with E-state index in [-0.39, 0.29) is 18.4 Å². The summed E-state index contributed by atoms with van der Waals surface area (Å²) in [6.07, 6.45) is 0.949. The van der Waals surface area contributed by atoms with Crippen molar-refractivity contribution in [2.24, 2.45) is 11.8 Å². The van der Waals surface area contributed by atoms with Gasteiger partial charge >= 0.3 is 0 Å². The molecule has 5 heteroatoms. The lowest BCUT2D eigenvalue weighted by Gasteiger charge is -2.35. The summed E-state index contributed by atoms with van der Waals surface area (Å²) in [6, 6.07) is 9.56. The number of hydrogen-bond acceptors (Lipinski definition) is 4. The Morgan fingerprint density at radius 2 is 2.09 bits per heavy atom. The summed E-state index contributed by atoms with van der Waals surface area (Å²) < 4.78 is 5.75. The van der Waals surface area contributed by atoms with Crippen molar-refractivity contribution < 1.29 is 14.3 Å². The first-order valence-corrected chi connectivity index (χ1v) is 8.01. The summed E-state index contributed by atoms with van der Waals surface area (Å²) in [5.41, 5.74) is 1.46. The molecule has 122 valence electrons. The number of benzene rings is 1. The lowest BCUT2D eigenvalue weighted by Crippen LogP contribution is -2.44. The van der Waals surface area contributed by atoms with Crippen LogP contribution in [0, 0.1) is 18.8 Å². The van der Waals surface area contributed by atoms with Gasteiger partial charge in [-0.15, -0.1) is 0 Å². The minimum atomic E-state index is -0.137. The van der Waals surface area contributed by atoms with Crippen LogP contribution in [0.3, 0.4) is 0 Å². The van der Waals surface area contributed by atoms with Crippen LogP contribution in [0.25, 0.3) is 11.5 Å². The second-order valence-corrected chi connectivity index (χ2v) is 6.40. The van der Waals surface area contributed by atoms with E-state index < -0.39 is 0 Å². The largest absolute Gasteiger partial charge is 0.431 e. The average Bonchev–Trinajstić information content (AvgIpc) is 2.96.